The first-order chi connectivity index (χ1) is 15.1. The van der Waals surface area contributed by atoms with Gasteiger partial charge in [0.2, 0.25) is 6.10 Å². The summed E-state index contributed by atoms with van der Waals surface area (Å²) in [6.45, 7) is 3.49. The van der Waals surface area contributed by atoms with E-state index in [-0.39, 0.29) is 16.6 Å². The highest BCUT2D eigenvalue weighted by atomic mass is 35.5. The van der Waals surface area contributed by atoms with Crippen molar-refractivity contribution in [3.8, 4) is 5.69 Å². The van der Waals surface area contributed by atoms with Gasteiger partial charge in [0, 0.05) is 18.7 Å². The molecule has 0 bridgehead atoms. The highest BCUT2D eigenvalue weighted by Crippen LogP contribution is 2.28. The summed E-state index contributed by atoms with van der Waals surface area (Å²) in [5.74, 6) is -0.979. The molecule has 3 aromatic rings. The maximum absolute atomic E-state index is 13.2. The van der Waals surface area contributed by atoms with Crippen LogP contribution in [0.3, 0.4) is 0 Å². The monoisotopic (exact) mass is 439 g/mol. The molecule has 4 rings (SSSR count). The van der Waals surface area contributed by atoms with Crippen molar-refractivity contribution in [3.05, 3.63) is 82.6 Å². The van der Waals surface area contributed by atoms with E-state index in [1.54, 1.807) is 36.1 Å². The van der Waals surface area contributed by atoms with E-state index in [1.165, 1.54) is 4.68 Å². The smallest absolute Gasteiger partial charge is 0.344 e. The number of esters is 1. The zero-order chi connectivity index (χ0) is 21.8. The first kappa shape index (κ1) is 21.1. The maximum atomic E-state index is 13.2. The fourth-order valence-electron chi connectivity index (χ4n) is 3.48. The molecule has 8 heteroatoms. The Hall–Kier alpha value is -3.16. The minimum Gasteiger partial charge on any atom is -0.444 e. The Kier molecular flexibility index (Phi) is 6.34. The number of morpholine rings is 1. The minimum atomic E-state index is -1.08. The van der Waals surface area contributed by atoms with Gasteiger partial charge in [-0.3, -0.25) is 4.79 Å². The van der Waals surface area contributed by atoms with Crippen molar-refractivity contribution >= 4 is 23.5 Å². The van der Waals surface area contributed by atoms with Crippen molar-refractivity contribution in [3.63, 3.8) is 0 Å². The summed E-state index contributed by atoms with van der Waals surface area (Å²) in [6, 6.07) is 18.2. The Morgan fingerprint density at radius 2 is 1.65 bits per heavy atom. The number of aromatic nitrogens is 2. The molecule has 1 aromatic heterocycles. The molecule has 1 aliphatic heterocycles. The van der Waals surface area contributed by atoms with E-state index in [0.717, 1.165) is 5.69 Å². The summed E-state index contributed by atoms with van der Waals surface area (Å²) < 4.78 is 12.6. The number of hydrogen-bond donors (Lipinski definition) is 0. The summed E-state index contributed by atoms with van der Waals surface area (Å²) in [6.07, 6.45) is -1.08. The van der Waals surface area contributed by atoms with Crippen LogP contribution < -0.4 is 0 Å². The van der Waals surface area contributed by atoms with E-state index >= 15 is 0 Å². The lowest BCUT2D eigenvalue weighted by molar-refractivity contribution is -0.145. The van der Waals surface area contributed by atoms with E-state index in [9.17, 15) is 9.59 Å². The van der Waals surface area contributed by atoms with Crippen LogP contribution in [0.15, 0.2) is 60.7 Å². The molecule has 2 aromatic carbocycles. The lowest BCUT2D eigenvalue weighted by Gasteiger charge is -2.30. The molecule has 0 N–H and O–H groups in total. The number of halogens is 1. The van der Waals surface area contributed by atoms with Crippen molar-refractivity contribution < 1.29 is 19.1 Å². The molecule has 0 aliphatic carbocycles. The largest absolute Gasteiger partial charge is 0.444 e. The molecular formula is C23H22ClN3O4. The molecular weight excluding hydrogens is 418 g/mol. The first-order valence-electron chi connectivity index (χ1n) is 9.99. The van der Waals surface area contributed by atoms with Gasteiger partial charge in [-0.15, -0.1) is 0 Å². The predicted octanol–water partition coefficient (Wildman–Crippen LogP) is 3.59. The van der Waals surface area contributed by atoms with Crippen LogP contribution in [-0.4, -0.2) is 52.9 Å². The molecule has 1 saturated heterocycles. The van der Waals surface area contributed by atoms with Gasteiger partial charge < -0.3 is 14.4 Å². The second-order valence-corrected chi connectivity index (χ2v) is 7.49. The Balaban J connectivity index is 1.64. The lowest BCUT2D eigenvalue weighted by atomic mass is 10.1. The third-order valence-electron chi connectivity index (χ3n) is 5.08. The molecule has 31 heavy (non-hydrogen) atoms. The fourth-order valence-corrected chi connectivity index (χ4v) is 3.82. The molecule has 1 fully saturated rings. The minimum absolute atomic E-state index is 0.138. The average molecular weight is 440 g/mol. The highest BCUT2D eigenvalue weighted by Gasteiger charge is 2.33. The van der Waals surface area contributed by atoms with Crippen LogP contribution >= 0.6 is 11.6 Å². The van der Waals surface area contributed by atoms with E-state index in [4.69, 9.17) is 21.1 Å². The van der Waals surface area contributed by atoms with Gasteiger partial charge in [-0.1, -0.05) is 60.1 Å². The zero-order valence-corrected chi connectivity index (χ0v) is 17.8. The van der Waals surface area contributed by atoms with Gasteiger partial charge in [0.1, 0.15) is 10.7 Å². The van der Waals surface area contributed by atoms with Crippen LogP contribution in [0.2, 0.25) is 5.15 Å². The second-order valence-electron chi connectivity index (χ2n) is 7.13. The van der Waals surface area contributed by atoms with Crippen molar-refractivity contribution in [2.24, 2.45) is 0 Å². The van der Waals surface area contributed by atoms with Gasteiger partial charge in [0.05, 0.1) is 24.6 Å². The van der Waals surface area contributed by atoms with Gasteiger partial charge >= 0.3 is 5.97 Å². The number of carbonyl (C=O) groups excluding carboxylic acids is 2. The van der Waals surface area contributed by atoms with Gasteiger partial charge in [0.15, 0.2) is 0 Å². The Morgan fingerprint density at radius 3 is 2.29 bits per heavy atom. The van der Waals surface area contributed by atoms with Crippen LogP contribution in [0.4, 0.5) is 0 Å². The summed E-state index contributed by atoms with van der Waals surface area (Å²) in [4.78, 5) is 28.0. The van der Waals surface area contributed by atoms with Crippen molar-refractivity contribution in [1.82, 2.24) is 14.7 Å². The summed E-state index contributed by atoms with van der Waals surface area (Å²) in [5, 5.41) is 4.53. The summed E-state index contributed by atoms with van der Waals surface area (Å²) in [5.41, 5.74) is 1.88. The summed E-state index contributed by atoms with van der Waals surface area (Å²) >= 11 is 6.50. The van der Waals surface area contributed by atoms with Crippen molar-refractivity contribution in [2.75, 3.05) is 26.3 Å². The number of rotatable bonds is 5. The molecule has 0 radical (unpaired) electrons. The standard InChI is InChI=1S/C23H22ClN3O4/c1-16-19(21(24)27(25-16)18-10-6-3-7-11-18)23(29)31-20(17-8-4-2-5-9-17)22(28)26-12-14-30-15-13-26/h2-11,20H,12-15H2,1H3. The fraction of sp³-hybridized carbons (Fsp3) is 0.261. The normalized spacial score (nSPS) is 14.8. The van der Waals surface area contributed by atoms with Crippen LogP contribution in [-0.2, 0) is 14.3 Å². The van der Waals surface area contributed by atoms with E-state index in [1.807, 2.05) is 36.4 Å². The van der Waals surface area contributed by atoms with Crippen LogP contribution in [0.25, 0.3) is 5.69 Å². The van der Waals surface area contributed by atoms with Crippen molar-refractivity contribution in [1.29, 1.82) is 0 Å². The van der Waals surface area contributed by atoms with Crippen molar-refractivity contribution in [2.45, 2.75) is 13.0 Å². The molecule has 0 saturated carbocycles. The molecule has 7 nitrogen and oxygen atoms in total. The van der Waals surface area contributed by atoms with Crippen LogP contribution in [0.1, 0.15) is 27.7 Å². The number of hydrogen-bond acceptors (Lipinski definition) is 5. The molecule has 1 amide bonds. The van der Waals surface area contributed by atoms with Gasteiger partial charge in [-0.2, -0.15) is 5.10 Å². The van der Waals surface area contributed by atoms with Gasteiger partial charge in [0.25, 0.3) is 5.91 Å². The van der Waals surface area contributed by atoms with E-state index in [0.29, 0.717) is 37.6 Å². The highest BCUT2D eigenvalue weighted by molar-refractivity contribution is 6.33. The molecule has 1 atom stereocenters. The summed E-state index contributed by atoms with van der Waals surface area (Å²) in [7, 11) is 0. The number of nitrogens with zero attached hydrogens (tertiary/aromatic N) is 3. The molecule has 1 unspecified atom stereocenters. The number of ether oxygens (including phenoxy) is 2. The predicted molar refractivity (Wildman–Crippen MR) is 115 cm³/mol. The number of amides is 1. The lowest BCUT2D eigenvalue weighted by Crippen LogP contribution is -2.44. The number of carbonyl (C=O) groups is 2. The first-order valence-corrected chi connectivity index (χ1v) is 10.4. The average Bonchev–Trinajstić information content (AvgIpc) is 3.12. The van der Waals surface area contributed by atoms with Gasteiger partial charge in [-0.05, 0) is 19.1 Å². The Bertz CT molecular complexity index is 1060. The van der Waals surface area contributed by atoms with E-state index in [2.05, 4.69) is 5.10 Å². The van der Waals surface area contributed by atoms with Gasteiger partial charge in [-0.25, -0.2) is 9.48 Å². The number of benzene rings is 2. The van der Waals surface area contributed by atoms with Crippen LogP contribution in [0.5, 0.6) is 0 Å². The molecule has 160 valence electrons. The third kappa shape index (κ3) is 4.47. The number of aryl methyl sites for hydroxylation is 1. The quantitative estimate of drug-likeness (QED) is 0.568. The zero-order valence-electron chi connectivity index (χ0n) is 17.0. The maximum Gasteiger partial charge on any atom is 0.344 e. The van der Waals surface area contributed by atoms with E-state index < -0.39 is 12.1 Å². The Labute approximate surface area is 185 Å². The molecule has 2 heterocycles. The van der Waals surface area contributed by atoms with Crippen LogP contribution in [0, 0.1) is 6.92 Å². The second kappa shape index (κ2) is 9.32. The molecule has 0 spiro atoms. The topological polar surface area (TPSA) is 73.7 Å². The Morgan fingerprint density at radius 1 is 1.03 bits per heavy atom. The third-order valence-corrected chi connectivity index (χ3v) is 5.43. The molecule has 1 aliphatic rings. The number of para-hydroxylation sites is 1. The SMILES string of the molecule is Cc1nn(-c2ccccc2)c(Cl)c1C(=O)OC(C(=O)N1CCOCC1)c1ccccc1.